The standard InChI is InChI=1S/C19H17NO4/c21-15-8-7-14-17(22)16(24-19(14)18(15)23)11-12-3-5-13(6-4-12)20-9-1-2-10-20/h3-8,11,21,23H,1-2,9-10H2/b16-11-. The summed E-state index contributed by atoms with van der Waals surface area (Å²) in [4.78, 5) is 14.7. The number of carbonyl (C=O) groups is 1. The third-order valence-electron chi connectivity index (χ3n) is 4.45. The minimum absolute atomic E-state index is 0.0138. The molecule has 0 spiro atoms. The van der Waals surface area contributed by atoms with E-state index < -0.39 is 5.75 Å². The number of aromatic hydroxyl groups is 2. The fourth-order valence-corrected chi connectivity index (χ4v) is 3.14. The number of rotatable bonds is 2. The molecule has 2 heterocycles. The molecule has 1 saturated heterocycles. The number of ketones is 1. The van der Waals surface area contributed by atoms with Gasteiger partial charge in [0, 0.05) is 18.8 Å². The molecule has 5 heteroatoms. The number of fused-ring (bicyclic) bond motifs is 1. The van der Waals surface area contributed by atoms with Crippen molar-refractivity contribution in [2.45, 2.75) is 12.8 Å². The monoisotopic (exact) mass is 323 g/mol. The van der Waals surface area contributed by atoms with Gasteiger partial charge in [-0.1, -0.05) is 12.1 Å². The van der Waals surface area contributed by atoms with Gasteiger partial charge >= 0.3 is 0 Å². The summed E-state index contributed by atoms with van der Waals surface area (Å²) >= 11 is 0. The van der Waals surface area contributed by atoms with Crippen molar-refractivity contribution < 1.29 is 19.7 Å². The Hall–Kier alpha value is -2.95. The molecule has 2 aliphatic rings. The number of hydrogen-bond acceptors (Lipinski definition) is 5. The van der Waals surface area contributed by atoms with Crippen molar-refractivity contribution in [2.24, 2.45) is 0 Å². The van der Waals surface area contributed by atoms with Gasteiger partial charge in [-0.05, 0) is 48.7 Å². The molecule has 4 rings (SSSR count). The molecule has 2 aromatic carbocycles. The lowest BCUT2D eigenvalue weighted by molar-refractivity contribution is 0.101. The average molecular weight is 323 g/mol. The number of benzene rings is 2. The Morgan fingerprint density at radius 3 is 2.42 bits per heavy atom. The molecule has 0 aromatic heterocycles. The predicted molar refractivity (Wildman–Crippen MR) is 90.6 cm³/mol. The second-order valence-corrected chi connectivity index (χ2v) is 6.04. The SMILES string of the molecule is O=C1/C(=C/c2ccc(N3CCCC3)cc2)Oc2c1ccc(O)c2O. The molecule has 122 valence electrons. The van der Waals surface area contributed by atoms with E-state index in [-0.39, 0.29) is 28.6 Å². The average Bonchev–Trinajstić information content (AvgIpc) is 3.22. The molecular formula is C19H17NO4. The number of phenols is 2. The van der Waals surface area contributed by atoms with Crippen LogP contribution in [-0.4, -0.2) is 29.1 Å². The molecule has 0 amide bonds. The van der Waals surface area contributed by atoms with Crippen LogP contribution in [0.3, 0.4) is 0 Å². The first-order valence-corrected chi connectivity index (χ1v) is 7.98. The zero-order valence-corrected chi connectivity index (χ0v) is 13.0. The maximum atomic E-state index is 12.3. The minimum atomic E-state index is -0.409. The van der Waals surface area contributed by atoms with Gasteiger partial charge in [0.25, 0.3) is 0 Å². The molecule has 2 N–H and O–H groups in total. The van der Waals surface area contributed by atoms with E-state index in [0.29, 0.717) is 0 Å². The van der Waals surface area contributed by atoms with E-state index in [4.69, 9.17) is 4.74 Å². The van der Waals surface area contributed by atoms with Crippen molar-refractivity contribution in [3.05, 3.63) is 53.3 Å². The summed E-state index contributed by atoms with van der Waals surface area (Å²) in [6.07, 6.45) is 4.10. The van der Waals surface area contributed by atoms with Crippen LogP contribution in [0, 0.1) is 0 Å². The summed E-state index contributed by atoms with van der Waals surface area (Å²) in [5, 5.41) is 19.3. The second-order valence-electron chi connectivity index (χ2n) is 6.04. The van der Waals surface area contributed by atoms with Crippen molar-refractivity contribution in [2.75, 3.05) is 18.0 Å². The van der Waals surface area contributed by atoms with Crippen LogP contribution in [-0.2, 0) is 0 Å². The number of hydrogen-bond donors (Lipinski definition) is 2. The lowest BCUT2D eigenvalue weighted by Crippen LogP contribution is -2.17. The third-order valence-corrected chi connectivity index (χ3v) is 4.45. The summed E-state index contributed by atoms with van der Waals surface area (Å²) in [7, 11) is 0. The van der Waals surface area contributed by atoms with Crippen LogP contribution < -0.4 is 9.64 Å². The molecule has 5 nitrogen and oxygen atoms in total. The molecule has 0 bridgehead atoms. The number of carbonyl (C=O) groups excluding carboxylic acids is 1. The Morgan fingerprint density at radius 1 is 1.00 bits per heavy atom. The van der Waals surface area contributed by atoms with Crippen molar-refractivity contribution in [1.29, 1.82) is 0 Å². The van der Waals surface area contributed by atoms with E-state index in [1.165, 1.54) is 30.7 Å². The zero-order chi connectivity index (χ0) is 16.7. The highest BCUT2D eigenvalue weighted by atomic mass is 16.5. The number of nitrogens with zero attached hydrogens (tertiary/aromatic N) is 1. The fraction of sp³-hybridized carbons (Fsp3) is 0.211. The van der Waals surface area contributed by atoms with Crippen LogP contribution in [0.25, 0.3) is 6.08 Å². The van der Waals surface area contributed by atoms with Gasteiger partial charge in [0.05, 0.1) is 5.56 Å². The lowest BCUT2D eigenvalue weighted by Gasteiger charge is -2.17. The molecule has 0 saturated carbocycles. The highest BCUT2D eigenvalue weighted by Crippen LogP contribution is 2.44. The molecule has 0 aliphatic carbocycles. The minimum Gasteiger partial charge on any atom is -0.504 e. The van der Waals surface area contributed by atoms with Gasteiger partial charge in [-0.2, -0.15) is 0 Å². The molecular weight excluding hydrogens is 306 g/mol. The Kier molecular flexibility index (Phi) is 3.41. The van der Waals surface area contributed by atoms with E-state index in [9.17, 15) is 15.0 Å². The summed E-state index contributed by atoms with van der Waals surface area (Å²) < 4.78 is 5.46. The number of ether oxygens (including phenoxy) is 1. The predicted octanol–water partition coefficient (Wildman–Crippen LogP) is 3.31. The number of phenolic OH excluding ortho intramolecular Hbond substituents is 2. The van der Waals surface area contributed by atoms with Crippen LogP contribution in [0.5, 0.6) is 17.2 Å². The van der Waals surface area contributed by atoms with Gasteiger partial charge in [-0.25, -0.2) is 0 Å². The second kappa shape index (κ2) is 5.60. The molecule has 2 aliphatic heterocycles. The van der Waals surface area contributed by atoms with Gasteiger partial charge in [-0.15, -0.1) is 0 Å². The molecule has 0 atom stereocenters. The van der Waals surface area contributed by atoms with E-state index >= 15 is 0 Å². The quantitative estimate of drug-likeness (QED) is 0.655. The summed E-state index contributed by atoms with van der Waals surface area (Å²) in [5.41, 5.74) is 2.28. The molecule has 0 radical (unpaired) electrons. The van der Waals surface area contributed by atoms with Crippen molar-refractivity contribution >= 4 is 17.5 Å². The van der Waals surface area contributed by atoms with Gasteiger partial charge in [0.2, 0.25) is 11.5 Å². The maximum absolute atomic E-state index is 12.3. The molecule has 1 fully saturated rings. The van der Waals surface area contributed by atoms with E-state index in [0.717, 1.165) is 18.7 Å². The van der Waals surface area contributed by atoms with Crippen LogP contribution >= 0.6 is 0 Å². The summed E-state index contributed by atoms with van der Waals surface area (Å²) in [5.74, 6) is -0.866. The van der Waals surface area contributed by atoms with Crippen molar-refractivity contribution in [3.63, 3.8) is 0 Å². The van der Waals surface area contributed by atoms with Crippen molar-refractivity contribution in [1.82, 2.24) is 0 Å². The van der Waals surface area contributed by atoms with E-state index in [1.54, 1.807) is 6.08 Å². The highest BCUT2D eigenvalue weighted by molar-refractivity contribution is 6.15. The summed E-state index contributed by atoms with van der Waals surface area (Å²) in [6.45, 7) is 2.17. The smallest absolute Gasteiger partial charge is 0.232 e. The Labute approximate surface area is 139 Å². The Balaban J connectivity index is 1.60. The van der Waals surface area contributed by atoms with E-state index in [1.807, 2.05) is 24.3 Å². The van der Waals surface area contributed by atoms with Gasteiger partial charge in [0.1, 0.15) is 0 Å². The maximum Gasteiger partial charge on any atom is 0.232 e. The van der Waals surface area contributed by atoms with Crippen molar-refractivity contribution in [3.8, 4) is 17.2 Å². The normalized spacial score (nSPS) is 18.1. The van der Waals surface area contributed by atoms with Gasteiger partial charge < -0.3 is 19.8 Å². The van der Waals surface area contributed by atoms with Crippen LogP contribution in [0.15, 0.2) is 42.2 Å². The topological polar surface area (TPSA) is 70.0 Å². The fourth-order valence-electron chi connectivity index (χ4n) is 3.14. The van der Waals surface area contributed by atoms with Crippen LogP contribution in [0.1, 0.15) is 28.8 Å². The van der Waals surface area contributed by atoms with Gasteiger partial charge in [-0.3, -0.25) is 4.79 Å². The molecule has 2 aromatic rings. The Morgan fingerprint density at radius 2 is 1.71 bits per heavy atom. The number of anilines is 1. The largest absolute Gasteiger partial charge is 0.504 e. The number of allylic oxidation sites excluding steroid dienone is 1. The third kappa shape index (κ3) is 2.38. The van der Waals surface area contributed by atoms with Gasteiger partial charge in [0.15, 0.2) is 17.3 Å². The first-order valence-electron chi connectivity index (χ1n) is 7.98. The van der Waals surface area contributed by atoms with Crippen LogP contribution in [0.4, 0.5) is 5.69 Å². The van der Waals surface area contributed by atoms with Crippen LogP contribution in [0.2, 0.25) is 0 Å². The first-order chi connectivity index (χ1) is 11.6. The number of Topliss-reactive ketones (excluding diaryl/α,β-unsaturated/α-hetero) is 1. The Bertz CT molecular complexity index is 833. The molecule has 24 heavy (non-hydrogen) atoms. The first kappa shape index (κ1) is 14.6. The van der Waals surface area contributed by atoms with E-state index in [2.05, 4.69) is 4.90 Å². The summed E-state index contributed by atoms with van der Waals surface area (Å²) in [6, 6.07) is 10.7. The lowest BCUT2D eigenvalue weighted by atomic mass is 10.1. The highest BCUT2D eigenvalue weighted by Gasteiger charge is 2.31. The zero-order valence-electron chi connectivity index (χ0n) is 13.0. The molecule has 0 unspecified atom stereocenters.